The molecule has 1 saturated heterocycles. The van der Waals surface area contributed by atoms with Gasteiger partial charge in [0.2, 0.25) is 0 Å². The highest BCUT2D eigenvalue weighted by Gasteiger charge is 2.17. The van der Waals surface area contributed by atoms with Gasteiger partial charge >= 0.3 is 0 Å². The molecule has 1 fully saturated rings. The Balaban J connectivity index is 0.00000324. The molecule has 8 heteroatoms. The van der Waals surface area contributed by atoms with Gasteiger partial charge in [-0.25, -0.2) is 9.38 Å². The Bertz CT molecular complexity index is 1110. The first-order valence-electron chi connectivity index (χ1n) is 11.8. The van der Waals surface area contributed by atoms with Gasteiger partial charge in [-0.05, 0) is 74.1 Å². The molecule has 182 valence electrons. The number of hydrogen-bond donors (Lipinski definition) is 3. The molecule has 0 spiro atoms. The summed E-state index contributed by atoms with van der Waals surface area (Å²) in [5.74, 6) is 0.628. The molecule has 2 aromatic carbocycles. The van der Waals surface area contributed by atoms with Gasteiger partial charge in [0, 0.05) is 48.8 Å². The predicted molar refractivity (Wildman–Crippen MR) is 146 cm³/mol. The number of fused-ring (bicyclic) bond motifs is 1. The van der Waals surface area contributed by atoms with Crippen molar-refractivity contribution in [3.05, 3.63) is 71.2 Å². The second kappa shape index (κ2) is 12.7. The molecule has 1 aliphatic rings. The Kier molecular flexibility index (Phi) is 9.74. The Labute approximate surface area is 217 Å². The quantitative estimate of drug-likeness (QED) is 0.214. The third kappa shape index (κ3) is 6.71. The predicted octanol–water partition coefficient (Wildman–Crippen LogP) is 4.85. The lowest BCUT2D eigenvalue weighted by Gasteiger charge is -2.26. The van der Waals surface area contributed by atoms with Gasteiger partial charge in [0.25, 0.3) is 5.91 Å². The Morgan fingerprint density at radius 1 is 1.09 bits per heavy atom. The van der Waals surface area contributed by atoms with E-state index >= 15 is 0 Å². The molecule has 3 aromatic rings. The fourth-order valence-corrected chi connectivity index (χ4v) is 4.22. The molecule has 0 bridgehead atoms. The average Bonchev–Trinajstić information content (AvgIpc) is 3.25. The molecule has 1 aliphatic heterocycles. The summed E-state index contributed by atoms with van der Waals surface area (Å²) >= 11 is 0. The van der Waals surface area contributed by atoms with Crippen LogP contribution < -0.4 is 10.6 Å². The van der Waals surface area contributed by atoms with Crippen LogP contribution in [0.1, 0.15) is 47.7 Å². The van der Waals surface area contributed by atoms with Crippen LogP contribution in [0.5, 0.6) is 0 Å². The summed E-state index contributed by atoms with van der Waals surface area (Å²) in [6.07, 6.45) is 6.08. The van der Waals surface area contributed by atoms with E-state index in [2.05, 4.69) is 20.6 Å². The van der Waals surface area contributed by atoms with Gasteiger partial charge in [0.15, 0.2) is 5.96 Å². The van der Waals surface area contributed by atoms with Crippen LogP contribution in [-0.2, 0) is 13.0 Å². The van der Waals surface area contributed by atoms with E-state index in [1.54, 1.807) is 12.1 Å². The molecule has 3 N–H and O–H groups in total. The fourth-order valence-electron chi connectivity index (χ4n) is 4.22. The van der Waals surface area contributed by atoms with Crippen LogP contribution in [0.15, 0.2) is 53.7 Å². The largest absolute Gasteiger partial charge is 0.361 e. The van der Waals surface area contributed by atoms with Crippen molar-refractivity contribution >= 4 is 46.7 Å². The number of carbonyl (C=O) groups excluding carboxylic acids is 1. The van der Waals surface area contributed by atoms with Gasteiger partial charge in [-0.3, -0.25) is 4.79 Å². The van der Waals surface area contributed by atoms with E-state index in [-0.39, 0.29) is 35.7 Å². The molecule has 0 aliphatic carbocycles. The highest BCUT2D eigenvalue weighted by Crippen LogP contribution is 2.19. The highest BCUT2D eigenvalue weighted by molar-refractivity contribution is 14.0. The van der Waals surface area contributed by atoms with Crippen molar-refractivity contribution in [1.29, 1.82) is 0 Å². The molecule has 4 rings (SSSR count). The van der Waals surface area contributed by atoms with E-state index in [9.17, 15) is 9.18 Å². The number of aromatic nitrogens is 1. The molecule has 1 aromatic heterocycles. The number of halogens is 2. The monoisotopic (exact) mass is 577 g/mol. The first-order valence-corrected chi connectivity index (χ1v) is 11.8. The summed E-state index contributed by atoms with van der Waals surface area (Å²) in [6, 6.07) is 12.6. The fraction of sp³-hybridized carbons (Fsp3) is 0.385. The van der Waals surface area contributed by atoms with Crippen molar-refractivity contribution in [2.24, 2.45) is 4.99 Å². The maximum atomic E-state index is 13.6. The molecular weight excluding hydrogens is 544 g/mol. The highest BCUT2D eigenvalue weighted by atomic mass is 127. The number of guanidine groups is 1. The molecule has 0 atom stereocenters. The molecule has 0 saturated carbocycles. The molecule has 0 radical (unpaired) electrons. The Morgan fingerprint density at radius 2 is 1.85 bits per heavy atom. The summed E-state index contributed by atoms with van der Waals surface area (Å²) < 4.78 is 13.6. The minimum Gasteiger partial charge on any atom is -0.361 e. The number of nitrogens with zero attached hydrogens (tertiary/aromatic N) is 2. The number of hydrogen-bond acceptors (Lipinski definition) is 2. The minimum atomic E-state index is -0.227. The number of piperidine rings is 1. The summed E-state index contributed by atoms with van der Waals surface area (Å²) in [6.45, 7) is 5.70. The van der Waals surface area contributed by atoms with Gasteiger partial charge in [0.1, 0.15) is 5.82 Å². The van der Waals surface area contributed by atoms with Gasteiger partial charge in [-0.2, -0.15) is 0 Å². The van der Waals surface area contributed by atoms with Crippen LogP contribution in [0.2, 0.25) is 0 Å². The van der Waals surface area contributed by atoms with E-state index in [4.69, 9.17) is 0 Å². The SMILES string of the molecule is CCNC(=NCc1ccc(C(=O)N2CCCCC2)cc1)NCCc1c[nH]c2ccc(F)cc12.I. The number of H-pyrrole nitrogens is 1. The number of carbonyl (C=O) groups is 1. The lowest BCUT2D eigenvalue weighted by Crippen LogP contribution is -2.38. The zero-order valence-electron chi connectivity index (χ0n) is 19.6. The molecule has 2 heterocycles. The number of nitrogens with one attached hydrogen (secondary N) is 3. The number of aliphatic imine (C=N–C) groups is 1. The normalized spacial score (nSPS) is 14.1. The van der Waals surface area contributed by atoms with Crippen LogP contribution >= 0.6 is 24.0 Å². The first-order chi connectivity index (χ1) is 16.1. The van der Waals surface area contributed by atoms with E-state index in [1.807, 2.05) is 42.3 Å². The van der Waals surface area contributed by atoms with Crippen molar-refractivity contribution in [2.75, 3.05) is 26.2 Å². The molecule has 34 heavy (non-hydrogen) atoms. The summed E-state index contributed by atoms with van der Waals surface area (Å²) in [5.41, 5.74) is 3.80. The van der Waals surface area contributed by atoms with Crippen molar-refractivity contribution in [1.82, 2.24) is 20.5 Å². The van der Waals surface area contributed by atoms with Gasteiger partial charge in [-0.1, -0.05) is 12.1 Å². The lowest BCUT2D eigenvalue weighted by atomic mass is 10.1. The van der Waals surface area contributed by atoms with Crippen LogP contribution in [0.25, 0.3) is 10.9 Å². The minimum absolute atomic E-state index is 0. The van der Waals surface area contributed by atoms with Crippen molar-refractivity contribution in [2.45, 2.75) is 39.2 Å². The average molecular weight is 577 g/mol. The van der Waals surface area contributed by atoms with E-state index in [0.29, 0.717) is 13.1 Å². The van der Waals surface area contributed by atoms with E-state index in [0.717, 1.165) is 72.4 Å². The Hall–Kier alpha value is -2.62. The maximum absolute atomic E-state index is 13.6. The topological polar surface area (TPSA) is 72.5 Å². The second-order valence-electron chi connectivity index (χ2n) is 8.43. The first kappa shape index (κ1) is 26.0. The van der Waals surface area contributed by atoms with E-state index < -0.39 is 0 Å². The van der Waals surface area contributed by atoms with Gasteiger partial charge in [-0.15, -0.1) is 24.0 Å². The van der Waals surface area contributed by atoms with Crippen LogP contribution in [0, 0.1) is 5.82 Å². The Morgan fingerprint density at radius 3 is 2.59 bits per heavy atom. The molecular formula is C26H33FIN5O. The number of aromatic amines is 1. The number of amides is 1. The third-order valence-electron chi connectivity index (χ3n) is 6.02. The zero-order chi connectivity index (χ0) is 23.0. The standard InChI is InChI=1S/C26H32FN5O.HI/c1-2-28-26(29-13-12-21-18-30-24-11-10-22(27)16-23(21)24)31-17-19-6-8-20(9-7-19)25(33)32-14-4-3-5-15-32;/h6-11,16,18,30H,2-5,12-15,17H2,1H3,(H2,28,29,31);1H. The number of benzene rings is 2. The second-order valence-corrected chi connectivity index (χ2v) is 8.43. The van der Waals surface area contributed by atoms with Crippen LogP contribution in [0.4, 0.5) is 4.39 Å². The van der Waals surface area contributed by atoms with Crippen molar-refractivity contribution in [3.8, 4) is 0 Å². The van der Waals surface area contributed by atoms with Gasteiger partial charge in [0.05, 0.1) is 6.54 Å². The number of rotatable bonds is 7. The third-order valence-corrected chi connectivity index (χ3v) is 6.02. The zero-order valence-corrected chi connectivity index (χ0v) is 21.9. The van der Waals surface area contributed by atoms with Crippen molar-refractivity contribution in [3.63, 3.8) is 0 Å². The molecule has 1 amide bonds. The summed E-state index contributed by atoms with van der Waals surface area (Å²) in [5, 5.41) is 7.53. The smallest absolute Gasteiger partial charge is 0.253 e. The molecule has 0 unspecified atom stereocenters. The maximum Gasteiger partial charge on any atom is 0.253 e. The lowest BCUT2D eigenvalue weighted by molar-refractivity contribution is 0.0724. The van der Waals surface area contributed by atoms with Crippen LogP contribution in [-0.4, -0.2) is 47.9 Å². The summed E-state index contributed by atoms with van der Waals surface area (Å²) in [4.78, 5) is 22.4. The summed E-state index contributed by atoms with van der Waals surface area (Å²) in [7, 11) is 0. The molecule has 6 nitrogen and oxygen atoms in total. The van der Waals surface area contributed by atoms with E-state index in [1.165, 1.54) is 12.5 Å². The van der Waals surface area contributed by atoms with Crippen molar-refractivity contribution < 1.29 is 9.18 Å². The van der Waals surface area contributed by atoms with Crippen LogP contribution in [0.3, 0.4) is 0 Å². The van der Waals surface area contributed by atoms with Gasteiger partial charge < -0.3 is 20.5 Å². The number of likely N-dealkylation sites (tertiary alicyclic amines) is 1.